The third-order valence-corrected chi connectivity index (χ3v) is 6.21. The van der Waals surface area contributed by atoms with Crippen LogP contribution in [0.1, 0.15) is 51.5 Å². The molecular weight excluding hydrogens is 386 g/mol. The minimum Gasteiger partial charge on any atom is -0.494 e. The second-order valence-corrected chi connectivity index (χ2v) is 8.61. The molecule has 0 amide bonds. The minimum atomic E-state index is -0.377. The Morgan fingerprint density at radius 1 is 1.17 bits per heavy atom. The third kappa shape index (κ3) is 4.92. The number of allylic oxidation sites excluding steroid dienone is 1. The Kier molecular flexibility index (Phi) is 7.53. The molecule has 1 saturated carbocycles. The summed E-state index contributed by atoms with van der Waals surface area (Å²) < 4.78 is 11.1. The van der Waals surface area contributed by atoms with E-state index in [4.69, 9.17) is 9.47 Å². The van der Waals surface area contributed by atoms with Crippen LogP contribution in [0.25, 0.3) is 0 Å². The van der Waals surface area contributed by atoms with Crippen LogP contribution < -0.4 is 4.74 Å². The van der Waals surface area contributed by atoms with Crippen LogP contribution in [0.2, 0.25) is 0 Å². The number of ketones is 1. The van der Waals surface area contributed by atoms with Gasteiger partial charge < -0.3 is 9.47 Å². The Balaban J connectivity index is 1.95. The van der Waals surface area contributed by atoms with Crippen LogP contribution in [0.15, 0.2) is 40.5 Å². The number of benzene rings is 1. The molecule has 1 aliphatic heterocycles. The Morgan fingerprint density at radius 3 is 2.62 bits per heavy atom. The molecule has 0 N–H and O–H groups in total. The van der Waals surface area contributed by atoms with Gasteiger partial charge in [-0.15, -0.1) is 0 Å². The van der Waals surface area contributed by atoms with E-state index in [1.807, 2.05) is 38.1 Å². The quantitative estimate of drug-likeness (QED) is 0.460. The van der Waals surface area contributed by atoms with Crippen molar-refractivity contribution in [3.63, 3.8) is 0 Å². The molecule has 5 nitrogen and oxygen atoms in total. The van der Waals surface area contributed by atoms with Gasteiger partial charge >= 0.3 is 5.97 Å². The molecular formula is C23H29NO4S. The van der Waals surface area contributed by atoms with Crippen LogP contribution in [0.4, 0.5) is 0 Å². The molecule has 0 radical (unpaired) electrons. The second-order valence-electron chi connectivity index (χ2n) is 7.21. The summed E-state index contributed by atoms with van der Waals surface area (Å²) in [6.45, 7) is 6.82. The summed E-state index contributed by atoms with van der Waals surface area (Å²) >= 11 is 1.73. The molecule has 0 saturated heterocycles. The first-order valence-electron chi connectivity index (χ1n) is 10.3. The SMILES string of the molecule is CCOc1ccc([C@@H]2C(C(=O)OCCSCC)=C(C)N=C3CCCC(=O)C32)cc1. The number of aliphatic imine (C=N–C) groups is 1. The van der Waals surface area contributed by atoms with E-state index in [1.165, 1.54) is 0 Å². The number of fused-ring (bicyclic) bond motifs is 1. The molecule has 1 aromatic carbocycles. The summed E-state index contributed by atoms with van der Waals surface area (Å²) in [7, 11) is 0. The zero-order valence-corrected chi connectivity index (χ0v) is 18.2. The van der Waals surface area contributed by atoms with Crippen molar-refractivity contribution in [3.8, 4) is 5.75 Å². The number of carbonyl (C=O) groups excluding carboxylic acids is 2. The summed E-state index contributed by atoms with van der Waals surface area (Å²) in [5.41, 5.74) is 3.00. The first-order chi connectivity index (χ1) is 14.1. The largest absolute Gasteiger partial charge is 0.494 e. The number of hydrogen-bond donors (Lipinski definition) is 0. The number of esters is 1. The fourth-order valence-corrected chi connectivity index (χ4v) is 4.59. The van der Waals surface area contributed by atoms with E-state index in [1.54, 1.807) is 11.8 Å². The van der Waals surface area contributed by atoms with E-state index in [0.717, 1.165) is 41.4 Å². The standard InChI is InChI=1S/C23H29NO4S/c1-4-27-17-11-9-16(10-12-17)21-20(23(26)28-13-14-29-5-2)15(3)24-18-7-6-8-19(25)22(18)21/h9-12,21-22H,4-8,13-14H2,1-3H3/t21-,22?/m1/s1. The second kappa shape index (κ2) is 10.1. The van der Waals surface area contributed by atoms with Crippen LogP contribution in [-0.2, 0) is 14.3 Å². The number of nitrogens with zero attached hydrogens (tertiary/aromatic N) is 1. The van der Waals surface area contributed by atoms with Gasteiger partial charge in [0.2, 0.25) is 0 Å². The summed E-state index contributed by atoms with van der Waals surface area (Å²) in [5, 5.41) is 0. The van der Waals surface area contributed by atoms with Gasteiger partial charge in [0.25, 0.3) is 0 Å². The predicted molar refractivity (Wildman–Crippen MR) is 117 cm³/mol. The maximum absolute atomic E-state index is 13.0. The number of rotatable bonds is 8. The zero-order valence-electron chi connectivity index (χ0n) is 17.4. The predicted octanol–water partition coefficient (Wildman–Crippen LogP) is 4.56. The number of carbonyl (C=O) groups is 2. The average molecular weight is 416 g/mol. The number of Topliss-reactive ketones (excluding diaryl/α,β-unsaturated/α-hetero) is 1. The van der Waals surface area contributed by atoms with Crippen LogP contribution >= 0.6 is 11.8 Å². The first-order valence-corrected chi connectivity index (χ1v) is 11.5. The van der Waals surface area contributed by atoms with Crippen molar-refractivity contribution in [2.45, 2.75) is 46.0 Å². The monoisotopic (exact) mass is 415 g/mol. The Hall–Kier alpha value is -2.08. The lowest BCUT2D eigenvalue weighted by Gasteiger charge is -2.35. The smallest absolute Gasteiger partial charge is 0.336 e. The highest BCUT2D eigenvalue weighted by Crippen LogP contribution is 2.43. The molecule has 156 valence electrons. The topological polar surface area (TPSA) is 65.0 Å². The number of hydrogen-bond acceptors (Lipinski definition) is 6. The number of thioether (sulfide) groups is 1. The lowest BCUT2D eigenvalue weighted by atomic mass is 9.69. The van der Waals surface area contributed by atoms with E-state index in [2.05, 4.69) is 11.9 Å². The molecule has 0 spiro atoms. The van der Waals surface area contributed by atoms with Crippen molar-refractivity contribution >= 4 is 29.2 Å². The van der Waals surface area contributed by atoms with Gasteiger partial charge in [-0.2, -0.15) is 11.8 Å². The van der Waals surface area contributed by atoms with Gasteiger partial charge in [-0.1, -0.05) is 19.1 Å². The van der Waals surface area contributed by atoms with Gasteiger partial charge in [0.15, 0.2) is 0 Å². The molecule has 2 aliphatic rings. The van der Waals surface area contributed by atoms with Gasteiger partial charge in [0.1, 0.15) is 18.1 Å². The Bertz CT molecular complexity index is 813. The van der Waals surface area contributed by atoms with Crippen molar-refractivity contribution < 1.29 is 19.1 Å². The Morgan fingerprint density at radius 2 is 1.93 bits per heavy atom. The maximum atomic E-state index is 13.0. The summed E-state index contributed by atoms with van der Waals surface area (Å²) in [6.07, 6.45) is 2.16. The van der Waals surface area contributed by atoms with Gasteiger partial charge in [-0.3, -0.25) is 9.79 Å². The normalized spacial score (nSPS) is 21.5. The van der Waals surface area contributed by atoms with E-state index in [-0.39, 0.29) is 23.6 Å². The van der Waals surface area contributed by atoms with Crippen molar-refractivity contribution in [1.29, 1.82) is 0 Å². The van der Waals surface area contributed by atoms with Crippen molar-refractivity contribution in [2.75, 3.05) is 24.7 Å². The van der Waals surface area contributed by atoms with E-state index in [0.29, 0.717) is 30.9 Å². The van der Waals surface area contributed by atoms with Crippen molar-refractivity contribution in [2.24, 2.45) is 10.9 Å². The highest BCUT2D eigenvalue weighted by atomic mass is 32.2. The van der Waals surface area contributed by atoms with Crippen molar-refractivity contribution in [3.05, 3.63) is 41.1 Å². The van der Waals surface area contributed by atoms with Crippen LogP contribution in [0.3, 0.4) is 0 Å². The average Bonchev–Trinajstić information content (AvgIpc) is 2.71. The molecule has 1 aromatic rings. The maximum Gasteiger partial charge on any atom is 0.336 e. The van der Waals surface area contributed by atoms with Crippen LogP contribution in [-0.4, -0.2) is 42.2 Å². The molecule has 2 atom stereocenters. The molecule has 6 heteroatoms. The summed E-state index contributed by atoms with van der Waals surface area (Å²) in [6, 6.07) is 7.70. The van der Waals surface area contributed by atoms with E-state index >= 15 is 0 Å². The van der Waals surface area contributed by atoms with E-state index < -0.39 is 0 Å². The van der Waals surface area contributed by atoms with Gasteiger partial charge in [0, 0.05) is 29.5 Å². The van der Waals surface area contributed by atoms with Gasteiger partial charge in [0.05, 0.1) is 18.1 Å². The van der Waals surface area contributed by atoms with Gasteiger partial charge in [-0.05, 0) is 50.1 Å². The molecule has 0 aromatic heterocycles. The molecule has 1 heterocycles. The van der Waals surface area contributed by atoms with Gasteiger partial charge in [-0.25, -0.2) is 4.79 Å². The molecule has 3 rings (SSSR count). The molecule has 29 heavy (non-hydrogen) atoms. The summed E-state index contributed by atoms with van der Waals surface area (Å²) in [5.74, 6) is 1.59. The lowest BCUT2D eigenvalue weighted by Crippen LogP contribution is -2.39. The lowest BCUT2D eigenvalue weighted by molar-refractivity contribution is -0.139. The molecule has 1 fully saturated rings. The van der Waals surface area contributed by atoms with Crippen LogP contribution in [0.5, 0.6) is 5.75 Å². The molecule has 1 unspecified atom stereocenters. The fraction of sp³-hybridized carbons (Fsp3) is 0.522. The number of ether oxygens (including phenoxy) is 2. The first kappa shape index (κ1) is 21.6. The Labute approximate surface area is 177 Å². The van der Waals surface area contributed by atoms with E-state index in [9.17, 15) is 9.59 Å². The van der Waals surface area contributed by atoms with Crippen LogP contribution in [0, 0.1) is 5.92 Å². The highest BCUT2D eigenvalue weighted by Gasteiger charge is 2.43. The fourth-order valence-electron chi connectivity index (χ4n) is 4.10. The summed E-state index contributed by atoms with van der Waals surface area (Å²) in [4.78, 5) is 30.6. The molecule has 1 aliphatic carbocycles. The molecule has 0 bridgehead atoms. The highest BCUT2D eigenvalue weighted by molar-refractivity contribution is 7.99. The van der Waals surface area contributed by atoms with Crippen molar-refractivity contribution in [1.82, 2.24) is 0 Å². The third-order valence-electron chi connectivity index (χ3n) is 5.34. The zero-order chi connectivity index (χ0) is 20.8. The minimum absolute atomic E-state index is 0.160.